The van der Waals surface area contributed by atoms with Crippen molar-refractivity contribution in [1.29, 1.82) is 0 Å². The molecule has 0 radical (unpaired) electrons. The molecule has 3 fully saturated rings. The van der Waals surface area contributed by atoms with Gasteiger partial charge in [-0.2, -0.15) is 0 Å². The molecule has 1 aromatic carbocycles. The summed E-state index contributed by atoms with van der Waals surface area (Å²) in [7, 11) is 1.67. The molecule has 0 atom stereocenters. The summed E-state index contributed by atoms with van der Waals surface area (Å²) in [4.78, 5) is 22.6. The highest BCUT2D eigenvalue weighted by molar-refractivity contribution is 6.11. The number of anilines is 1. The maximum Gasteiger partial charge on any atom is 0.300 e. The van der Waals surface area contributed by atoms with Crippen LogP contribution >= 0.6 is 0 Å². The Labute approximate surface area is 198 Å². The Balaban J connectivity index is 1.64. The second-order valence-electron chi connectivity index (χ2n) is 9.38. The van der Waals surface area contributed by atoms with Crippen molar-refractivity contribution in [1.82, 2.24) is 4.90 Å². The molecule has 0 spiro atoms. The molecule has 2 aliphatic carbocycles. The number of amides is 1. The van der Waals surface area contributed by atoms with Crippen molar-refractivity contribution >= 4 is 23.7 Å². The monoisotopic (exact) mass is 453 g/mol. The Hall–Kier alpha value is -2.50. The third-order valence-corrected chi connectivity index (χ3v) is 7.28. The third-order valence-electron chi connectivity index (χ3n) is 7.28. The number of nitrogens with zero attached hydrogens (tertiary/aromatic N) is 3. The number of aliphatic imine (C=N–C) groups is 1. The molecular formula is C27H39N3O3. The molecule has 2 saturated carbocycles. The zero-order valence-electron chi connectivity index (χ0n) is 20.5. The summed E-state index contributed by atoms with van der Waals surface area (Å²) < 4.78 is 11.9. The van der Waals surface area contributed by atoms with E-state index in [1.165, 1.54) is 25.7 Å². The van der Waals surface area contributed by atoms with E-state index in [9.17, 15) is 4.79 Å². The first-order valence-electron chi connectivity index (χ1n) is 12.9. The quantitative estimate of drug-likeness (QED) is 0.492. The molecule has 1 aliphatic heterocycles. The SMILES string of the molecule is CCN(CC)c1ccc(C=C2OC(=NC3CCCCC3)N(C3CCCCC3)C2=O)c(OC)c1. The summed E-state index contributed by atoms with van der Waals surface area (Å²) >= 11 is 0. The molecule has 3 aliphatic rings. The number of carbonyl (C=O) groups excluding carboxylic acids is 1. The number of rotatable bonds is 7. The molecule has 0 aromatic heterocycles. The molecule has 1 saturated heterocycles. The van der Waals surface area contributed by atoms with Crippen molar-refractivity contribution < 1.29 is 14.3 Å². The highest BCUT2D eigenvalue weighted by atomic mass is 16.5. The van der Waals surface area contributed by atoms with Crippen LogP contribution in [-0.4, -0.2) is 49.1 Å². The van der Waals surface area contributed by atoms with Gasteiger partial charge in [0.2, 0.25) is 0 Å². The van der Waals surface area contributed by atoms with E-state index in [1.54, 1.807) is 7.11 Å². The topological polar surface area (TPSA) is 54.4 Å². The summed E-state index contributed by atoms with van der Waals surface area (Å²) in [6, 6.07) is 7.09. The van der Waals surface area contributed by atoms with E-state index in [0.29, 0.717) is 11.8 Å². The van der Waals surface area contributed by atoms with Crippen molar-refractivity contribution in [3.05, 3.63) is 29.5 Å². The Morgan fingerprint density at radius 3 is 2.36 bits per heavy atom. The molecule has 1 aromatic rings. The van der Waals surface area contributed by atoms with Gasteiger partial charge in [-0.3, -0.25) is 9.69 Å². The summed E-state index contributed by atoms with van der Waals surface area (Å²) in [5.41, 5.74) is 1.96. The molecule has 33 heavy (non-hydrogen) atoms. The van der Waals surface area contributed by atoms with E-state index < -0.39 is 0 Å². The van der Waals surface area contributed by atoms with Crippen molar-refractivity contribution in [2.45, 2.75) is 90.1 Å². The lowest BCUT2D eigenvalue weighted by molar-refractivity contribution is -0.124. The fourth-order valence-electron chi connectivity index (χ4n) is 5.35. The lowest BCUT2D eigenvalue weighted by atomic mass is 9.94. The normalized spacial score (nSPS) is 22.8. The number of hydrogen-bond donors (Lipinski definition) is 0. The molecule has 6 nitrogen and oxygen atoms in total. The number of methoxy groups -OCH3 is 1. The highest BCUT2D eigenvalue weighted by Gasteiger charge is 2.40. The largest absolute Gasteiger partial charge is 0.496 e. The van der Waals surface area contributed by atoms with Gasteiger partial charge in [0.05, 0.1) is 13.2 Å². The van der Waals surface area contributed by atoms with Crippen LogP contribution in [-0.2, 0) is 9.53 Å². The van der Waals surface area contributed by atoms with Crippen LogP contribution in [0, 0.1) is 0 Å². The summed E-state index contributed by atoms with van der Waals surface area (Å²) in [6.45, 7) is 6.14. The number of benzene rings is 1. The molecule has 1 amide bonds. The van der Waals surface area contributed by atoms with Crippen molar-refractivity contribution in [3.63, 3.8) is 0 Å². The molecule has 0 unspecified atom stereocenters. The minimum absolute atomic E-state index is 0.0636. The molecule has 0 N–H and O–H groups in total. The van der Waals surface area contributed by atoms with Gasteiger partial charge >= 0.3 is 6.02 Å². The van der Waals surface area contributed by atoms with E-state index in [1.807, 2.05) is 23.1 Å². The zero-order valence-corrected chi connectivity index (χ0v) is 20.5. The van der Waals surface area contributed by atoms with Gasteiger partial charge in [-0.15, -0.1) is 0 Å². The molecular weight excluding hydrogens is 414 g/mol. The molecule has 180 valence electrons. The van der Waals surface area contributed by atoms with Crippen molar-refractivity contribution in [3.8, 4) is 5.75 Å². The van der Waals surface area contributed by atoms with E-state index in [0.717, 1.165) is 68.6 Å². The molecule has 1 heterocycles. The summed E-state index contributed by atoms with van der Waals surface area (Å²) in [5, 5.41) is 0. The Morgan fingerprint density at radius 2 is 1.73 bits per heavy atom. The van der Waals surface area contributed by atoms with E-state index >= 15 is 0 Å². The van der Waals surface area contributed by atoms with Crippen LogP contribution in [0.4, 0.5) is 5.69 Å². The maximum absolute atomic E-state index is 13.5. The second-order valence-corrected chi connectivity index (χ2v) is 9.38. The number of hydrogen-bond acceptors (Lipinski definition) is 5. The average molecular weight is 454 g/mol. The fraction of sp³-hybridized carbons (Fsp3) is 0.630. The van der Waals surface area contributed by atoms with Gasteiger partial charge in [-0.05, 0) is 57.7 Å². The van der Waals surface area contributed by atoms with E-state index in [2.05, 4.69) is 24.8 Å². The Bertz CT molecular complexity index is 879. The van der Waals surface area contributed by atoms with Crippen LogP contribution in [0.3, 0.4) is 0 Å². The highest BCUT2D eigenvalue weighted by Crippen LogP contribution is 2.33. The molecule has 4 rings (SSSR count). The van der Waals surface area contributed by atoms with Gasteiger partial charge in [0.1, 0.15) is 5.75 Å². The smallest absolute Gasteiger partial charge is 0.300 e. The summed E-state index contributed by atoms with van der Waals surface area (Å²) in [6.07, 6.45) is 13.3. The Kier molecular flexibility index (Phi) is 7.94. The number of amidine groups is 1. The minimum Gasteiger partial charge on any atom is -0.496 e. The average Bonchev–Trinajstić information content (AvgIpc) is 3.16. The first-order chi connectivity index (χ1) is 16.1. The molecule has 6 heteroatoms. The zero-order chi connectivity index (χ0) is 23.2. The maximum atomic E-state index is 13.5. The number of ether oxygens (including phenoxy) is 2. The fourth-order valence-corrected chi connectivity index (χ4v) is 5.35. The Morgan fingerprint density at radius 1 is 1.06 bits per heavy atom. The third kappa shape index (κ3) is 5.36. The van der Waals surface area contributed by atoms with Gasteiger partial charge < -0.3 is 14.4 Å². The van der Waals surface area contributed by atoms with Crippen LogP contribution in [0.1, 0.15) is 83.6 Å². The van der Waals surface area contributed by atoms with Crippen molar-refractivity contribution in [2.75, 3.05) is 25.1 Å². The predicted molar refractivity (Wildman–Crippen MR) is 134 cm³/mol. The van der Waals surface area contributed by atoms with Gasteiger partial charge in [0, 0.05) is 36.4 Å². The van der Waals surface area contributed by atoms with Crippen LogP contribution in [0.2, 0.25) is 0 Å². The van der Waals surface area contributed by atoms with E-state index in [4.69, 9.17) is 14.5 Å². The first-order valence-corrected chi connectivity index (χ1v) is 12.9. The predicted octanol–water partition coefficient (Wildman–Crippen LogP) is 5.76. The lowest BCUT2D eigenvalue weighted by Crippen LogP contribution is -2.41. The number of carbonyl (C=O) groups is 1. The summed E-state index contributed by atoms with van der Waals surface area (Å²) in [5.74, 6) is 1.03. The van der Waals surface area contributed by atoms with Gasteiger partial charge in [-0.1, -0.05) is 38.5 Å². The standard InChI is InChI=1S/C27H39N3O3/c1-4-29(5-2)23-17-16-20(24(19-23)32-3)18-25-26(31)30(22-14-10-7-11-15-22)27(33-25)28-21-12-8-6-9-13-21/h16-19,21-22H,4-15H2,1-3H3. The van der Waals surface area contributed by atoms with Crippen LogP contribution in [0.25, 0.3) is 6.08 Å². The minimum atomic E-state index is -0.0636. The molecule has 0 bridgehead atoms. The van der Waals surface area contributed by atoms with E-state index in [-0.39, 0.29) is 18.0 Å². The first kappa shape index (κ1) is 23.7. The van der Waals surface area contributed by atoms with Gasteiger partial charge in [0.25, 0.3) is 5.91 Å². The lowest BCUT2D eigenvalue weighted by Gasteiger charge is -2.29. The van der Waals surface area contributed by atoms with Crippen LogP contribution < -0.4 is 9.64 Å². The van der Waals surface area contributed by atoms with Crippen molar-refractivity contribution in [2.24, 2.45) is 4.99 Å². The second kappa shape index (κ2) is 11.1. The van der Waals surface area contributed by atoms with Gasteiger partial charge in [-0.25, -0.2) is 4.99 Å². The van der Waals surface area contributed by atoms with Gasteiger partial charge in [0.15, 0.2) is 5.76 Å². The van der Waals surface area contributed by atoms with Crippen LogP contribution in [0.5, 0.6) is 5.75 Å². The van der Waals surface area contributed by atoms with Crippen LogP contribution in [0.15, 0.2) is 29.0 Å².